The first kappa shape index (κ1) is 19.7. The Hall–Kier alpha value is -1.60. The Balaban J connectivity index is 1.68. The maximum absolute atomic E-state index is 12.0. The van der Waals surface area contributed by atoms with E-state index in [0.717, 1.165) is 27.8 Å². The summed E-state index contributed by atoms with van der Waals surface area (Å²) in [5.74, 6) is 1.87. The van der Waals surface area contributed by atoms with Gasteiger partial charge in [-0.25, -0.2) is 0 Å². The largest absolute Gasteiger partial charge is 0.493 e. The number of aryl methyl sites for hydroxylation is 2. The first-order chi connectivity index (χ1) is 12.1. The van der Waals surface area contributed by atoms with Crippen LogP contribution in [0.5, 0.6) is 5.75 Å². The van der Waals surface area contributed by atoms with Gasteiger partial charge in [0.2, 0.25) is 11.0 Å². The highest BCUT2D eigenvalue weighted by Crippen LogP contribution is 2.26. The van der Waals surface area contributed by atoms with Crippen LogP contribution in [-0.4, -0.2) is 28.5 Å². The van der Waals surface area contributed by atoms with Crippen molar-refractivity contribution in [3.05, 3.63) is 29.3 Å². The van der Waals surface area contributed by atoms with Crippen molar-refractivity contribution >= 4 is 34.1 Å². The molecule has 1 aromatic carbocycles. The zero-order chi connectivity index (χ0) is 18.1. The number of ether oxygens (including phenoxy) is 1. The molecule has 0 bridgehead atoms. The van der Waals surface area contributed by atoms with Crippen LogP contribution >= 0.6 is 23.1 Å². The van der Waals surface area contributed by atoms with Crippen molar-refractivity contribution in [3.63, 3.8) is 0 Å². The van der Waals surface area contributed by atoms with Gasteiger partial charge in [0.1, 0.15) is 5.75 Å². The average Bonchev–Trinajstić information content (AvgIpc) is 3.02. The maximum atomic E-state index is 12.0. The van der Waals surface area contributed by atoms with Gasteiger partial charge >= 0.3 is 0 Å². The minimum atomic E-state index is -0.0502. The molecule has 2 rings (SSSR count). The molecule has 0 aliphatic heterocycles. The highest BCUT2D eigenvalue weighted by atomic mass is 32.2. The number of anilines is 1. The number of unbranched alkanes of at least 4 members (excludes halogenated alkanes) is 1. The van der Waals surface area contributed by atoms with Gasteiger partial charge in [0.05, 0.1) is 6.61 Å². The number of hydrogen-bond acceptors (Lipinski definition) is 6. The molecule has 1 aromatic heterocycles. The van der Waals surface area contributed by atoms with Gasteiger partial charge in [-0.2, -0.15) is 0 Å². The summed E-state index contributed by atoms with van der Waals surface area (Å²) in [6.45, 7) is 6.74. The molecule has 0 unspecified atom stereocenters. The minimum Gasteiger partial charge on any atom is -0.493 e. The Morgan fingerprint density at radius 3 is 2.92 bits per heavy atom. The lowest BCUT2D eigenvalue weighted by Gasteiger charge is -2.09. The summed E-state index contributed by atoms with van der Waals surface area (Å²) in [6.07, 6.45) is 3.39. The molecular weight excluding hydrogens is 354 g/mol. The Morgan fingerprint density at radius 2 is 2.12 bits per heavy atom. The Bertz CT molecular complexity index is 689. The van der Waals surface area contributed by atoms with Crippen LogP contribution in [0.1, 0.15) is 43.7 Å². The monoisotopic (exact) mass is 379 g/mol. The summed E-state index contributed by atoms with van der Waals surface area (Å²) in [4.78, 5) is 12.0. The van der Waals surface area contributed by atoms with Crippen LogP contribution in [0.3, 0.4) is 0 Å². The number of thioether (sulfide) groups is 1. The maximum Gasteiger partial charge on any atom is 0.226 e. The first-order valence-corrected chi connectivity index (χ1v) is 10.3. The number of aromatic nitrogens is 2. The predicted octanol–water partition coefficient (Wildman–Crippen LogP) is 4.84. The molecule has 136 valence electrons. The molecule has 1 N–H and O–H groups in total. The molecule has 0 radical (unpaired) electrons. The molecular formula is C18H25N3O2S2. The third-order valence-electron chi connectivity index (χ3n) is 3.53. The molecule has 0 saturated carbocycles. The number of amides is 1. The van der Waals surface area contributed by atoms with E-state index in [1.165, 1.54) is 23.3 Å². The number of carbonyl (C=O) groups is 1. The zero-order valence-corrected chi connectivity index (χ0v) is 16.6. The van der Waals surface area contributed by atoms with E-state index in [4.69, 9.17) is 4.74 Å². The van der Waals surface area contributed by atoms with Crippen LogP contribution in [0.25, 0.3) is 0 Å². The number of carbonyl (C=O) groups excluding carboxylic acids is 1. The minimum absolute atomic E-state index is 0.0502. The fraction of sp³-hybridized carbons (Fsp3) is 0.500. The smallest absolute Gasteiger partial charge is 0.226 e. The quantitative estimate of drug-likeness (QED) is 0.363. The molecule has 0 fully saturated rings. The molecule has 5 nitrogen and oxygen atoms in total. The van der Waals surface area contributed by atoms with Crippen LogP contribution in [0, 0.1) is 13.8 Å². The Morgan fingerprint density at radius 1 is 1.28 bits per heavy atom. The van der Waals surface area contributed by atoms with Crippen molar-refractivity contribution in [1.82, 2.24) is 10.2 Å². The number of rotatable bonds is 10. The number of hydrogen-bond donors (Lipinski definition) is 1. The summed E-state index contributed by atoms with van der Waals surface area (Å²) < 4.78 is 6.67. The molecule has 0 atom stereocenters. The third kappa shape index (κ3) is 7.04. The topological polar surface area (TPSA) is 64.1 Å². The van der Waals surface area contributed by atoms with E-state index in [-0.39, 0.29) is 5.91 Å². The highest BCUT2D eigenvalue weighted by molar-refractivity contribution is 8.01. The van der Waals surface area contributed by atoms with Gasteiger partial charge in [-0.1, -0.05) is 48.6 Å². The van der Waals surface area contributed by atoms with Gasteiger partial charge in [0.25, 0.3) is 0 Å². The molecule has 7 heteroatoms. The van der Waals surface area contributed by atoms with E-state index < -0.39 is 0 Å². The SMILES string of the molecule is CCCCSc1nnc(NC(=O)CCCOc2cc(C)ccc2C)s1. The van der Waals surface area contributed by atoms with Crippen molar-refractivity contribution in [1.29, 1.82) is 0 Å². The van der Waals surface area contributed by atoms with Crippen LogP contribution in [-0.2, 0) is 4.79 Å². The lowest BCUT2D eigenvalue weighted by Crippen LogP contribution is -2.12. The van der Waals surface area contributed by atoms with Gasteiger partial charge in [-0.3, -0.25) is 4.79 Å². The summed E-state index contributed by atoms with van der Waals surface area (Å²) >= 11 is 3.12. The van der Waals surface area contributed by atoms with Crippen molar-refractivity contribution in [2.75, 3.05) is 17.7 Å². The van der Waals surface area contributed by atoms with Gasteiger partial charge in [0, 0.05) is 12.2 Å². The first-order valence-electron chi connectivity index (χ1n) is 8.54. The van der Waals surface area contributed by atoms with E-state index >= 15 is 0 Å². The number of benzene rings is 1. The van der Waals surface area contributed by atoms with Crippen LogP contribution in [0.4, 0.5) is 5.13 Å². The zero-order valence-electron chi connectivity index (χ0n) is 15.0. The molecule has 0 aliphatic rings. The summed E-state index contributed by atoms with van der Waals surface area (Å²) in [5, 5.41) is 11.5. The van der Waals surface area contributed by atoms with Gasteiger partial charge < -0.3 is 10.1 Å². The second-order valence-electron chi connectivity index (χ2n) is 5.84. The lowest BCUT2D eigenvalue weighted by atomic mass is 10.1. The van der Waals surface area contributed by atoms with Gasteiger partial charge in [0.15, 0.2) is 4.34 Å². The van der Waals surface area contributed by atoms with Crippen molar-refractivity contribution in [2.45, 2.75) is 50.8 Å². The van der Waals surface area contributed by atoms with Crippen LogP contribution < -0.4 is 10.1 Å². The summed E-state index contributed by atoms with van der Waals surface area (Å²) in [7, 11) is 0. The van der Waals surface area contributed by atoms with Crippen LogP contribution in [0.15, 0.2) is 22.5 Å². The third-order valence-corrected chi connectivity index (χ3v) is 5.58. The number of nitrogens with zero attached hydrogens (tertiary/aromatic N) is 2. The highest BCUT2D eigenvalue weighted by Gasteiger charge is 2.09. The van der Waals surface area contributed by atoms with Gasteiger partial charge in [-0.05, 0) is 43.9 Å². The molecule has 25 heavy (non-hydrogen) atoms. The fourth-order valence-electron chi connectivity index (χ4n) is 2.08. The molecule has 2 aromatic rings. The normalized spacial score (nSPS) is 10.7. The van der Waals surface area contributed by atoms with E-state index in [9.17, 15) is 4.79 Å². The van der Waals surface area contributed by atoms with Crippen molar-refractivity contribution in [3.8, 4) is 5.75 Å². The second kappa shape index (κ2) is 10.4. The predicted molar refractivity (Wildman–Crippen MR) is 105 cm³/mol. The molecule has 0 spiro atoms. The average molecular weight is 380 g/mol. The van der Waals surface area contributed by atoms with Crippen LogP contribution in [0.2, 0.25) is 0 Å². The van der Waals surface area contributed by atoms with Crippen molar-refractivity contribution < 1.29 is 9.53 Å². The van der Waals surface area contributed by atoms with E-state index in [1.54, 1.807) is 11.8 Å². The second-order valence-corrected chi connectivity index (χ2v) is 8.16. The summed E-state index contributed by atoms with van der Waals surface area (Å²) in [6, 6.07) is 6.13. The van der Waals surface area contributed by atoms with E-state index in [0.29, 0.717) is 24.6 Å². The molecule has 1 heterocycles. The van der Waals surface area contributed by atoms with E-state index in [2.05, 4.69) is 28.5 Å². The lowest BCUT2D eigenvalue weighted by molar-refractivity contribution is -0.116. The molecule has 0 saturated heterocycles. The van der Waals surface area contributed by atoms with Gasteiger partial charge in [-0.15, -0.1) is 10.2 Å². The number of nitrogens with one attached hydrogen (secondary N) is 1. The summed E-state index contributed by atoms with van der Waals surface area (Å²) in [5.41, 5.74) is 2.28. The van der Waals surface area contributed by atoms with Crippen molar-refractivity contribution in [2.24, 2.45) is 0 Å². The standard InChI is InChI=1S/C18H25N3O2S2/c1-4-5-11-24-18-21-20-17(25-18)19-16(22)7-6-10-23-15-12-13(2)8-9-14(15)3/h8-9,12H,4-7,10-11H2,1-3H3,(H,19,20,22). The Kier molecular flexibility index (Phi) is 8.21. The molecule has 0 aliphatic carbocycles. The fourth-order valence-corrected chi connectivity index (χ4v) is 4.00. The molecule has 1 amide bonds. The Labute approximate surface area is 157 Å². The van der Waals surface area contributed by atoms with E-state index in [1.807, 2.05) is 26.0 Å².